The number of nitrogens with one attached hydrogen (secondary N) is 1. The Morgan fingerprint density at radius 2 is 1.97 bits per heavy atom. The summed E-state index contributed by atoms with van der Waals surface area (Å²) in [4.78, 5) is 24.3. The average Bonchev–Trinajstić information content (AvgIpc) is 3.12. The Hall–Kier alpha value is -3.26. The minimum atomic E-state index is -0.113. The molecule has 1 fully saturated rings. The number of rotatable bonds is 2. The highest BCUT2D eigenvalue weighted by molar-refractivity contribution is 5.66. The standard InChI is InChI=1S/C21H23N7O/c1-13-10-26(7-6-22-13)16-4-5-20-24-17(9-21(29)27(20)12-16)18-8-19-15(3)23-14(2)11-28(19)25-18/h4-5,8-9,11-13,22H,6-7,10H2,1-3H3/t13-/m0/s1. The molecule has 0 aliphatic carbocycles. The molecule has 5 heterocycles. The molecular formula is C21H23N7O. The van der Waals surface area contributed by atoms with Gasteiger partial charge in [-0.1, -0.05) is 0 Å². The smallest absolute Gasteiger partial charge is 0.258 e. The molecular weight excluding hydrogens is 366 g/mol. The first kappa shape index (κ1) is 17.8. The molecule has 0 radical (unpaired) electrons. The van der Waals surface area contributed by atoms with Crippen molar-refractivity contribution in [2.24, 2.45) is 0 Å². The molecule has 0 unspecified atom stereocenters. The molecule has 4 aromatic heterocycles. The van der Waals surface area contributed by atoms with Gasteiger partial charge < -0.3 is 10.2 Å². The van der Waals surface area contributed by atoms with Crippen molar-refractivity contribution >= 4 is 16.9 Å². The summed E-state index contributed by atoms with van der Waals surface area (Å²) in [5.41, 5.74) is 5.48. The van der Waals surface area contributed by atoms with Crippen LogP contribution in [-0.2, 0) is 0 Å². The van der Waals surface area contributed by atoms with E-state index in [0.29, 0.717) is 23.1 Å². The lowest BCUT2D eigenvalue weighted by Crippen LogP contribution is -2.49. The Morgan fingerprint density at radius 1 is 1.10 bits per heavy atom. The van der Waals surface area contributed by atoms with Crippen LogP contribution in [0.25, 0.3) is 22.6 Å². The average molecular weight is 389 g/mol. The molecule has 29 heavy (non-hydrogen) atoms. The zero-order chi connectivity index (χ0) is 20.1. The molecule has 0 saturated carbocycles. The van der Waals surface area contributed by atoms with Gasteiger partial charge in [0.25, 0.3) is 5.56 Å². The van der Waals surface area contributed by atoms with Gasteiger partial charge in [-0.25, -0.2) is 9.50 Å². The van der Waals surface area contributed by atoms with E-state index in [0.717, 1.165) is 42.2 Å². The molecule has 1 aliphatic rings. The summed E-state index contributed by atoms with van der Waals surface area (Å²) in [7, 11) is 0. The third-order valence-corrected chi connectivity index (χ3v) is 5.40. The summed E-state index contributed by atoms with van der Waals surface area (Å²) in [6.45, 7) is 8.83. The van der Waals surface area contributed by atoms with E-state index in [4.69, 9.17) is 4.98 Å². The second-order valence-corrected chi connectivity index (χ2v) is 7.72. The lowest BCUT2D eigenvalue weighted by Gasteiger charge is -2.33. The molecule has 1 atom stereocenters. The Morgan fingerprint density at radius 3 is 2.79 bits per heavy atom. The van der Waals surface area contributed by atoms with Crippen LogP contribution >= 0.6 is 0 Å². The SMILES string of the molecule is Cc1cn2nc(-c3cc(=O)n4cc(N5CCN[C@@H](C)C5)ccc4n3)cc2c(C)n1. The van der Waals surface area contributed by atoms with Crippen LogP contribution in [0.1, 0.15) is 18.3 Å². The van der Waals surface area contributed by atoms with E-state index in [1.165, 1.54) is 0 Å². The van der Waals surface area contributed by atoms with Crippen LogP contribution in [-0.4, -0.2) is 49.7 Å². The molecule has 148 valence electrons. The quantitative estimate of drug-likeness (QED) is 0.563. The van der Waals surface area contributed by atoms with Crippen molar-refractivity contribution in [2.45, 2.75) is 26.8 Å². The molecule has 8 heteroatoms. The maximum Gasteiger partial charge on any atom is 0.258 e. The largest absolute Gasteiger partial charge is 0.368 e. The maximum absolute atomic E-state index is 12.9. The Kier molecular flexibility index (Phi) is 4.09. The Bertz CT molecular complexity index is 1290. The van der Waals surface area contributed by atoms with Gasteiger partial charge in [0.05, 0.1) is 34.5 Å². The van der Waals surface area contributed by atoms with Crippen LogP contribution < -0.4 is 15.8 Å². The molecule has 0 aromatic carbocycles. The maximum atomic E-state index is 12.9. The monoisotopic (exact) mass is 389 g/mol. The van der Waals surface area contributed by atoms with Gasteiger partial charge >= 0.3 is 0 Å². The predicted molar refractivity (Wildman–Crippen MR) is 113 cm³/mol. The summed E-state index contributed by atoms with van der Waals surface area (Å²) in [5.74, 6) is 0. The molecule has 1 N–H and O–H groups in total. The molecule has 1 aliphatic heterocycles. The van der Waals surface area contributed by atoms with Crippen molar-refractivity contribution in [1.29, 1.82) is 0 Å². The highest BCUT2D eigenvalue weighted by Crippen LogP contribution is 2.21. The highest BCUT2D eigenvalue weighted by atomic mass is 16.1. The lowest BCUT2D eigenvalue weighted by molar-refractivity contribution is 0.484. The van der Waals surface area contributed by atoms with Gasteiger partial charge in [-0.2, -0.15) is 5.10 Å². The van der Waals surface area contributed by atoms with Gasteiger partial charge in [-0.15, -0.1) is 0 Å². The summed E-state index contributed by atoms with van der Waals surface area (Å²) >= 11 is 0. The van der Waals surface area contributed by atoms with E-state index in [1.54, 1.807) is 15.0 Å². The van der Waals surface area contributed by atoms with E-state index < -0.39 is 0 Å². The summed E-state index contributed by atoms with van der Waals surface area (Å²) in [6.07, 6.45) is 3.76. The van der Waals surface area contributed by atoms with Gasteiger partial charge in [-0.05, 0) is 39.0 Å². The van der Waals surface area contributed by atoms with Crippen molar-refractivity contribution in [2.75, 3.05) is 24.5 Å². The van der Waals surface area contributed by atoms with Crippen LogP contribution in [0.5, 0.6) is 0 Å². The molecule has 0 bridgehead atoms. The zero-order valence-electron chi connectivity index (χ0n) is 16.8. The van der Waals surface area contributed by atoms with Crippen LogP contribution in [0.3, 0.4) is 0 Å². The van der Waals surface area contributed by atoms with Crippen LogP contribution in [0.15, 0.2) is 41.5 Å². The van der Waals surface area contributed by atoms with E-state index >= 15 is 0 Å². The minimum absolute atomic E-state index is 0.113. The second-order valence-electron chi connectivity index (χ2n) is 7.72. The molecule has 0 amide bonds. The molecule has 5 rings (SSSR count). The van der Waals surface area contributed by atoms with Gasteiger partial charge in [0.2, 0.25) is 0 Å². The van der Waals surface area contributed by atoms with Gasteiger partial charge in [0, 0.05) is 37.9 Å². The number of fused-ring (bicyclic) bond motifs is 2. The van der Waals surface area contributed by atoms with Gasteiger partial charge in [0.1, 0.15) is 11.3 Å². The summed E-state index contributed by atoms with van der Waals surface area (Å²) in [5, 5.41) is 8.04. The van der Waals surface area contributed by atoms with E-state index in [1.807, 2.05) is 44.4 Å². The Balaban J connectivity index is 1.57. The summed E-state index contributed by atoms with van der Waals surface area (Å²) in [6, 6.07) is 7.84. The first-order valence-electron chi connectivity index (χ1n) is 9.84. The van der Waals surface area contributed by atoms with Crippen LogP contribution in [0, 0.1) is 13.8 Å². The lowest BCUT2D eigenvalue weighted by atomic mass is 10.2. The highest BCUT2D eigenvalue weighted by Gasteiger charge is 2.17. The first-order valence-corrected chi connectivity index (χ1v) is 9.84. The fourth-order valence-corrected chi connectivity index (χ4v) is 3.99. The first-order chi connectivity index (χ1) is 14.0. The minimum Gasteiger partial charge on any atom is -0.368 e. The molecule has 0 spiro atoms. The number of hydrogen-bond acceptors (Lipinski definition) is 6. The zero-order valence-corrected chi connectivity index (χ0v) is 16.8. The summed E-state index contributed by atoms with van der Waals surface area (Å²) < 4.78 is 3.41. The van der Waals surface area contributed by atoms with Crippen molar-refractivity contribution in [3.8, 4) is 11.4 Å². The van der Waals surface area contributed by atoms with Crippen LogP contribution in [0.2, 0.25) is 0 Å². The number of hydrogen-bond donors (Lipinski definition) is 1. The van der Waals surface area contributed by atoms with Gasteiger partial charge in [0.15, 0.2) is 0 Å². The van der Waals surface area contributed by atoms with Crippen molar-refractivity contribution < 1.29 is 0 Å². The normalized spacial score (nSPS) is 17.3. The van der Waals surface area contributed by atoms with Crippen molar-refractivity contribution in [1.82, 2.24) is 29.3 Å². The number of pyridine rings is 1. The van der Waals surface area contributed by atoms with Gasteiger partial charge in [-0.3, -0.25) is 14.2 Å². The number of aryl methyl sites for hydroxylation is 2. The number of anilines is 1. The third kappa shape index (κ3) is 3.15. The van der Waals surface area contributed by atoms with E-state index in [2.05, 4.69) is 27.2 Å². The number of aromatic nitrogens is 5. The molecule has 8 nitrogen and oxygen atoms in total. The fraction of sp³-hybridized carbons (Fsp3) is 0.333. The molecule has 4 aromatic rings. The number of piperazine rings is 1. The van der Waals surface area contributed by atoms with E-state index in [-0.39, 0.29) is 5.56 Å². The van der Waals surface area contributed by atoms with Crippen molar-refractivity contribution in [3.05, 3.63) is 58.4 Å². The fourth-order valence-electron chi connectivity index (χ4n) is 3.99. The number of nitrogens with zero attached hydrogens (tertiary/aromatic N) is 6. The van der Waals surface area contributed by atoms with E-state index in [9.17, 15) is 4.79 Å². The van der Waals surface area contributed by atoms with Crippen molar-refractivity contribution in [3.63, 3.8) is 0 Å². The Labute approximate surface area is 167 Å². The molecule has 1 saturated heterocycles. The second kappa shape index (κ2) is 6.66. The third-order valence-electron chi connectivity index (χ3n) is 5.40. The topological polar surface area (TPSA) is 79.8 Å². The van der Waals surface area contributed by atoms with Crippen LogP contribution in [0.4, 0.5) is 5.69 Å². The predicted octanol–water partition coefficient (Wildman–Crippen LogP) is 1.82.